The van der Waals surface area contributed by atoms with Crippen molar-refractivity contribution in [3.8, 4) is 5.75 Å². The lowest BCUT2D eigenvalue weighted by atomic mass is 9.75. The number of amides is 1. The molecule has 5 rings (SSSR count). The zero-order chi connectivity index (χ0) is 17.0. The van der Waals surface area contributed by atoms with Gasteiger partial charge in [-0.15, -0.1) is 0 Å². The zero-order valence-electron chi connectivity index (χ0n) is 13.8. The molecule has 3 aromatic rings. The highest BCUT2D eigenvalue weighted by Crippen LogP contribution is 2.41. The Morgan fingerprint density at radius 2 is 2.16 bits per heavy atom. The lowest BCUT2D eigenvalue weighted by molar-refractivity contribution is 0.0574. The predicted octanol–water partition coefficient (Wildman–Crippen LogP) is 3.21. The van der Waals surface area contributed by atoms with Gasteiger partial charge in [-0.25, -0.2) is 4.98 Å². The molecule has 0 radical (unpaired) electrons. The van der Waals surface area contributed by atoms with Crippen molar-refractivity contribution in [2.75, 3.05) is 6.54 Å². The molecule has 1 aromatic heterocycles. The number of likely N-dealkylation sites (tertiary alicyclic amines) is 1. The molecule has 0 unspecified atom stereocenters. The van der Waals surface area contributed by atoms with Crippen LogP contribution < -0.4 is 0 Å². The number of carbonyl (C=O) groups excluding carboxylic acids is 1. The van der Waals surface area contributed by atoms with Gasteiger partial charge in [-0.2, -0.15) is 0 Å². The standard InChI is InChI=1S/C20H19N3O2/c24-16-3-1-12-7-15-8-13(17(12)10-16)5-6-23(15)20(25)14-2-4-18-19(9-14)22-11-21-18/h1-4,9-11,13,15,24H,5-8H2,(H,21,22)/t13-,15+/m1/s1. The number of benzene rings is 2. The molecule has 2 atom stereocenters. The molecule has 1 aliphatic heterocycles. The number of rotatable bonds is 1. The Balaban J connectivity index is 1.45. The van der Waals surface area contributed by atoms with E-state index in [1.807, 2.05) is 35.2 Å². The highest BCUT2D eigenvalue weighted by Gasteiger charge is 2.37. The van der Waals surface area contributed by atoms with Gasteiger partial charge in [0.25, 0.3) is 5.91 Å². The van der Waals surface area contributed by atoms with Crippen molar-refractivity contribution in [2.24, 2.45) is 0 Å². The Hall–Kier alpha value is -2.82. The summed E-state index contributed by atoms with van der Waals surface area (Å²) in [6, 6.07) is 11.6. The van der Waals surface area contributed by atoms with Gasteiger partial charge in [-0.3, -0.25) is 4.79 Å². The molecular weight excluding hydrogens is 314 g/mol. The van der Waals surface area contributed by atoms with E-state index in [0.717, 1.165) is 36.8 Å². The number of aromatic nitrogens is 2. The lowest BCUT2D eigenvalue weighted by Crippen LogP contribution is -2.48. The average molecular weight is 333 g/mol. The predicted molar refractivity (Wildman–Crippen MR) is 94.7 cm³/mol. The first-order valence-electron chi connectivity index (χ1n) is 8.75. The molecule has 2 aliphatic rings. The second kappa shape index (κ2) is 5.34. The molecular formula is C20H19N3O2. The van der Waals surface area contributed by atoms with Crippen LogP contribution in [0.25, 0.3) is 11.0 Å². The monoisotopic (exact) mass is 333 g/mol. The molecule has 1 fully saturated rings. The maximum absolute atomic E-state index is 13.1. The van der Waals surface area contributed by atoms with Gasteiger partial charge in [0, 0.05) is 18.2 Å². The van der Waals surface area contributed by atoms with Crippen molar-refractivity contribution in [2.45, 2.75) is 31.2 Å². The number of hydrogen-bond donors (Lipinski definition) is 2. The van der Waals surface area contributed by atoms with Crippen LogP contribution in [0.3, 0.4) is 0 Å². The van der Waals surface area contributed by atoms with E-state index in [0.29, 0.717) is 17.2 Å². The number of hydrogen-bond acceptors (Lipinski definition) is 3. The Morgan fingerprint density at radius 3 is 3.08 bits per heavy atom. The highest BCUT2D eigenvalue weighted by molar-refractivity contribution is 5.97. The minimum absolute atomic E-state index is 0.0992. The third-order valence-corrected chi connectivity index (χ3v) is 5.67. The average Bonchev–Trinajstić information content (AvgIpc) is 3.10. The molecule has 2 aromatic carbocycles. The third-order valence-electron chi connectivity index (χ3n) is 5.67. The molecule has 1 saturated heterocycles. The van der Waals surface area contributed by atoms with Crippen molar-refractivity contribution in [3.05, 3.63) is 59.4 Å². The van der Waals surface area contributed by atoms with Crippen LogP contribution in [0.4, 0.5) is 0 Å². The van der Waals surface area contributed by atoms with Crippen molar-refractivity contribution in [1.82, 2.24) is 14.9 Å². The Morgan fingerprint density at radius 1 is 1.24 bits per heavy atom. The molecule has 2 bridgehead atoms. The fraction of sp³-hybridized carbons (Fsp3) is 0.300. The van der Waals surface area contributed by atoms with Crippen LogP contribution in [-0.2, 0) is 6.42 Å². The van der Waals surface area contributed by atoms with E-state index in [1.54, 1.807) is 12.4 Å². The van der Waals surface area contributed by atoms with E-state index in [2.05, 4.69) is 9.97 Å². The summed E-state index contributed by atoms with van der Waals surface area (Å²) in [5.41, 5.74) is 5.02. The first-order valence-corrected chi connectivity index (χ1v) is 8.75. The summed E-state index contributed by atoms with van der Waals surface area (Å²) in [6.45, 7) is 0.768. The van der Waals surface area contributed by atoms with Crippen molar-refractivity contribution in [3.63, 3.8) is 0 Å². The molecule has 2 N–H and O–H groups in total. The number of phenols is 1. The number of nitrogens with zero attached hydrogens (tertiary/aromatic N) is 2. The number of carbonyl (C=O) groups is 1. The smallest absolute Gasteiger partial charge is 0.254 e. The number of phenolic OH excluding ortho intramolecular Hbond substituents is 1. The number of fused-ring (bicyclic) bond motifs is 5. The first kappa shape index (κ1) is 14.5. The van der Waals surface area contributed by atoms with Gasteiger partial charge in [0.05, 0.1) is 17.4 Å². The molecule has 0 saturated carbocycles. The molecule has 5 nitrogen and oxygen atoms in total. The quantitative estimate of drug-likeness (QED) is 0.718. The number of nitrogens with one attached hydrogen (secondary N) is 1. The number of H-pyrrole nitrogens is 1. The van der Waals surface area contributed by atoms with Crippen LogP contribution in [0, 0.1) is 0 Å². The second-order valence-corrected chi connectivity index (χ2v) is 7.10. The van der Waals surface area contributed by atoms with Crippen LogP contribution in [0.2, 0.25) is 0 Å². The highest BCUT2D eigenvalue weighted by atomic mass is 16.3. The van der Waals surface area contributed by atoms with Crippen molar-refractivity contribution in [1.29, 1.82) is 0 Å². The first-order chi connectivity index (χ1) is 12.2. The SMILES string of the molecule is O=C(c1ccc2nc[nH]c2c1)N1CC[C@@H]2C[C@@H]1Cc1ccc(O)cc12. The van der Waals surface area contributed by atoms with Crippen LogP contribution in [-0.4, -0.2) is 38.5 Å². The Labute approximate surface area is 145 Å². The number of piperidine rings is 1. The minimum atomic E-state index is 0.0992. The fourth-order valence-electron chi connectivity index (χ4n) is 4.43. The van der Waals surface area contributed by atoms with E-state index < -0.39 is 0 Å². The van der Waals surface area contributed by atoms with Crippen LogP contribution in [0.5, 0.6) is 5.75 Å². The van der Waals surface area contributed by atoms with Gasteiger partial charge >= 0.3 is 0 Å². The molecule has 5 heteroatoms. The Bertz CT molecular complexity index is 978. The van der Waals surface area contributed by atoms with Crippen LogP contribution >= 0.6 is 0 Å². The van der Waals surface area contributed by atoms with E-state index in [-0.39, 0.29) is 11.9 Å². The van der Waals surface area contributed by atoms with E-state index in [4.69, 9.17) is 0 Å². The molecule has 1 aliphatic carbocycles. The normalized spacial score (nSPS) is 22.0. The number of aromatic hydroxyl groups is 1. The summed E-state index contributed by atoms with van der Waals surface area (Å²) >= 11 is 0. The van der Waals surface area contributed by atoms with Gasteiger partial charge in [0.15, 0.2) is 0 Å². The summed E-state index contributed by atoms with van der Waals surface area (Å²) in [6.07, 6.45) is 4.45. The summed E-state index contributed by atoms with van der Waals surface area (Å²) in [5.74, 6) is 0.880. The van der Waals surface area contributed by atoms with Crippen LogP contribution in [0.1, 0.15) is 40.2 Å². The van der Waals surface area contributed by atoms with Crippen molar-refractivity contribution >= 4 is 16.9 Å². The molecule has 0 spiro atoms. The third kappa shape index (κ3) is 2.30. The van der Waals surface area contributed by atoms with E-state index in [9.17, 15) is 9.90 Å². The number of imidazole rings is 1. The Kier molecular flexibility index (Phi) is 3.10. The van der Waals surface area contributed by atoms with Crippen LogP contribution in [0.15, 0.2) is 42.7 Å². The van der Waals surface area contributed by atoms with Gasteiger partial charge in [-0.1, -0.05) is 6.07 Å². The lowest BCUT2D eigenvalue weighted by Gasteiger charge is -2.44. The largest absolute Gasteiger partial charge is 0.508 e. The molecule has 1 amide bonds. The van der Waals surface area contributed by atoms with Gasteiger partial charge in [0.2, 0.25) is 0 Å². The van der Waals surface area contributed by atoms with Gasteiger partial charge in [-0.05, 0) is 66.6 Å². The maximum atomic E-state index is 13.1. The van der Waals surface area contributed by atoms with E-state index >= 15 is 0 Å². The summed E-state index contributed by atoms with van der Waals surface area (Å²) in [4.78, 5) is 22.4. The topological polar surface area (TPSA) is 69.2 Å². The minimum Gasteiger partial charge on any atom is -0.508 e. The summed E-state index contributed by atoms with van der Waals surface area (Å²) in [7, 11) is 0. The summed E-state index contributed by atoms with van der Waals surface area (Å²) < 4.78 is 0. The number of aromatic amines is 1. The van der Waals surface area contributed by atoms with E-state index in [1.165, 1.54) is 11.1 Å². The fourth-order valence-corrected chi connectivity index (χ4v) is 4.43. The maximum Gasteiger partial charge on any atom is 0.254 e. The van der Waals surface area contributed by atoms with Crippen molar-refractivity contribution < 1.29 is 9.90 Å². The van der Waals surface area contributed by atoms with Gasteiger partial charge in [0.1, 0.15) is 5.75 Å². The zero-order valence-corrected chi connectivity index (χ0v) is 13.8. The molecule has 126 valence electrons. The van der Waals surface area contributed by atoms with Gasteiger partial charge < -0.3 is 15.0 Å². The molecule has 25 heavy (non-hydrogen) atoms. The second-order valence-electron chi connectivity index (χ2n) is 7.10. The summed E-state index contributed by atoms with van der Waals surface area (Å²) in [5, 5.41) is 9.77. The molecule has 2 heterocycles.